The SMILES string of the molecule is CC1(C)[C@H](CCO)C[C@@H]1CO. The molecule has 1 rings (SSSR count). The van der Waals surface area contributed by atoms with E-state index in [1.54, 1.807) is 0 Å². The van der Waals surface area contributed by atoms with Crippen LogP contribution in [0.15, 0.2) is 0 Å². The van der Waals surface area contributed by atoms with Crippen LogP contribution >= 0.6 is 0 Å². The van der Waals surface area contributed by atoms with E-state index in [1.807, 2.05) is 0 Å². The second-order valence-corrected chi connectivity index (χ2v) is 4.15. The van der Waals surface area contributed by atoms with E-state index < -0.39 is 0 Å². The molecule has 2 atom stereocenters. The molecule has 0 heterocycles. The van der Waals surface area contributed by atoms with E-state index in [0.717, 1.165) is 12.8 Å². The quantitative estimate of drug-likeness (QED) is 0.644. The zero-order valence-corrected chi connectivity index (χ0v) is 7.38. The Morgan fingerprint density at radius 1 is 1.27 bits per heavy atom. The maximum Gasteiger partial charge on any atom is 0.0464 e. The third-order valence-corrected chi connectivity index (χ3v) is 3.37. The van der Waals surface area contributed by atoms with Gasteiger partial charge < -0.3 is 10.2 Å². The molecule has 0 aliphatic heterocycles. The fourth-order valence-corrected chi connectivity index (χ4v) is 2.08. The van der Waals surface area contributed by atoms with E-state index in [4.69, 9.17) is 10.2 Å². The lowest BCUT2D eigenvalue weighted by Crippen LogP contribution is -2.46. The van der Waals surface area contributed by atoms with Crippen molar-refractivity contribution in [2.45, 2.75) is 26.7 Å². The third-order valence-electron chi connectivity index (χ3n) is 3.37. The summed E-state index contributed by atoms with van der Waals surface area (Å²) >= 11 is 0. The van der Waals surface area contributed by atoms with Crippen LogP contribution in [0, 0.1) is 17.3 Å². The summed E-state index contributed by atoms with van der Waals surface area (Å²) in [4.78, 5) is 0. The van der Waals surface area contributed by atoms with E-state index in [9.17, 15) is 0 Å². The summed E-state index contributed by atoms with van der Waals surface area (Å²) in [5.41, 5.74) is 0.248. The molecule has 0 unspecified atom stereocenters. The predicted octanol–water partition coefficient (Wildman–Crippen LogP) is 1.02. The third kappa shape index (κ3) is 1.42. The molecule has 0 aromatic rings. The highest BCUT2D eigenvalue weighted by Gasteiger charge is 2.46. The Hall–Kier alpha value is -0.0800. The van der Waals surface area contributed by atoms with Crippen molar-refractivity contribution in [3.05, 3.63) is 0 Å². The van der Waals surface area contributed by atoms with Crippen LogP contribution in [0.3, 0.4) is 0 Å². The Labute approximate surface area is 68.2 Å². The monoisotopic (exact) mass is 158 g/mol. The van der Waals surface area contributed by atoms with Gasteiger partial charge in [-0.05, 0) is 30.1 Å². The number of aliphatic hydroxyl groups is 2. The van der Waals surface area contributed by atoms with Crippen LogP contribution in [0.4, 0.5) is 0 Å². The molecule has 0 aromatic carbocycles. The topological polar surface area (TPSA) is 40.5 Å². The van der Waals surface area contributed by atoms with Crippen LogP contribution in [0.25, 0.3) is 0 Å². The molecule has 0 bridgehead atoms. The highest BCUT2D eigenvalue weighted by Crippen LogP contribution is 2.52. The minimum Gasteiger partial charge on any atom is -0.396 e. The molecular formula is C9H18O2. The molecule has 1 fully saturated rings. The standard InChI is InChI=1S/C9H18O2/c1-9(2)7(3-4-10)5-8(9)6-11/h7-8,10-11H,3-6H2,1-2H3/t7-,8-/m1/s1. The molecule has 11 heavy (non-hydrogen) atoms. The predicted molar refractivity (Wildman–Crippen MR) is 44.2 cm³/mol. The molecule has 2 heteroatoms. The van der Waals surface area contributed by atoms with Gasteiger partial charge in [-0.3, -0.25) is 0 Å². The van der Waals surface area contributed by atoms with Gasteiger partial charge in [0.25, 0.3) is 0 Å². The first-order chi connectivity index (χ1) is 5.12. The Balaban J connectivity index is 2.40. The van der Waals surface area contributed by atoms with E-state index in [2.05, 4.69) is 13.8 Å². The van der Waals surface area contributed by atoms with Gasteiger partial charge in [0.1, 0.15) is 0 Å². The van der Waals surface area contributed by atoms with Crippen molar-refractivity contribution < 1.29 is 10.2 Å². The van der Waals surface area contributed by atoms with Gasteiger partial charge in [0.05, 0.1) is 0 Å². The highest BCUT2D eigenvalue weighted by molar-refractivity contribution is 4.95. The van der Waals surface area contributed by atoms with Crippen LogP contribution in [0.2, 0.25) is 0 Å². The summed E-state index contributed by atoms with van der Waals surface area (Å²) < 4.78 is 0. The summed E-state index contributed by atoms with van der Waals surface area (Å²) in [5.74, 6) is 1.07. The van der Waals surface area contributed by atoms with Crippen LogP contribution in [0.5, 0.6) is 0 Å². The largest absolute Gasteiger partial charge is 0.396 e. The van der Waals surface area contributed by atoms with Crippen molar-refractivity contribution in [1.29, 1.82) is 0 Å². The van der Waals surface area contributed by atoms with Gasteiger partial charge in [0, 0.05) is 13.2 Å². The molecule has 1 aliphatic rings. The Morgan fingerprint density at radius 2 is 1.91 bits per heavy atom. The summed E-state index contributed by atoms with van der Waals surface area (Å²) in [6.45, 7) is 4.94. The minimum absolute atomic E-state index is 0.248. The maximum absolute atomic E-state index is 8.95. The smallest absolute Gasteiger partial charge is 0.0464 e. The molecule has 0 aromatic heterocycles. The van der Waals surface area contributed by atoms with Crippen LogP contribution < -0.4 is 0 Å². The highest BCUT2D eigenvalue weighted by atomic mass is 16.3. The van der Waals surface area contributed by atoms with Crippen molar-refractivity contribution in [3.8, 4) is 0 Å². The Kier molecular flexibility index (Phi) is 2.55. The fraction of sp³-hybridized carbons (Fsp3) is 1.00. The first-order valence-corrected chi connectivity index (χ1v) is 4.34. The number of aliphatic hydroxyl groups excluding tert-OH is 2. The lowest BCUT2D eigenvalue weighted by atomic mass is 9.54. The van der Waals surface area contributed by atoms with Crippen LogP contribution in [0.1, 0.15) is 26.7 Å². The van der Waals surface area contributed by atoms with Crippen molar-refractivity contribution in [1.82, 2.24) is 0 Å². The lowest BCUT2D eigenvalue weighted by Gasteiger charge is -2.51. The van der Waals surface area contributed by atoms with Gasteiger partial charge in [-0.25, -0.2) is 0 Å². The molecule has 0 spiro atoms. The van der Waals surface area contributed by atoms with E-state index >= 15 is 0 Å². The zero-order valence-electron chi connectivity index (χ0n) is 7.38. The number of rotatable bonds is 3. The average Bonchev–Trinajstić information content (AvgIpc) is 1.97. The second kappa shape index (κ2) is 3.11. The second-order valence-electron chi connectivity index (χ2n) is 4.15. The van der Waals surface area contributed by atoms with E-state index in [-0.39, 0.29) is 12.0 Å². The summed E-state index contributed by atoms with van der Waals surface area (Å²) in [7, 11) is 0. The van der Waals surface area contributed by atoms with E-state index in [1.165, 1.54) is 0 Å². The van der Waals surface area contributed by atoms with Gasteiger partial charge in [-0.2, -0.15) is 0 Å². The molecule has 1 aliphatic carbocycles. The van der Waals surface area contributed by atoms with Crippen LogP contribution in [-0.4, -0.2) is 23.4 Å². The first-order valence-electron chi connectivity index (χ1n) is 4.34. The molecule has 1 saturated carbocycles. The Bertz CT molecular complexity index is 132. The van der Waals surface area contributed by atoms with Gasteiger partial charge in [-0.1, -0.05) is 13.8 Å². The van der Waals surface area contributed by atoms with Crippen molar-refractivity contribution in [3.63, 3.8) is 0 Å². The Morgan fingerprint density at radius 3 is 2.27 bits per heavy atom. The maximum atomic E-state index is 8.95. The van der Waals surface area contributed by atoms with Gasteiger partial charge in [0.2, 0.25) is 0 Å². The van der Waals surface area contributed by atoms with Crippen molar-refractivity contribution >= 4 is 0 Å². The summed E-state index contributed by atoms with van der Waals surface area (Å²) in [6.07, 6.45) is 1.98. The van der Waals surface area contributed by atoms with Crippen molar-refractivity contribution in [2.24, 2.45) is 17.3 Å². The first kappa shape index (κ1) is 9.01. The molecule has 0 radical (unpaired) electrons. The molecule has 0 saturated heterocycles. The summed E-state index contributed by atoms with van der Waals surface area (Å²) in [6, 6.07) is 0. The molecule has 0 amide bonds. The molecule has 2 nitrogen and oxygen atoms in total. The minimum atomic E-state index is 0.248. The van der Waals surface area contributed by atoms with Gasteiger partial charge >= 0.3 is 0 Å². The van der Waals surface area contributed by atoms with E-state index in [0.29, 0.717) is 18.4 Å². The number of hydrogen-bond donors (Lipinski definition) is 2. The fourth-order valence-electron chi connectivity index (χ4n) is 2.08. The lowest BCUT2D eigenvalue weighted by molar-refractivity contribution is -0.0612. The number of hydrogen-bond acceptors (Lipinski definition) is 2. The normalized spacial score (nSPS) is 34.9. The van der Waals surface area contributed by atoms with Gasteiger partial charge in [-0.15, -0.1) is 0 Å². The molecular weight excluding hydrogens is 140 g/mol. The summed E-state index contributed by atoms with van der Waals surface area (Å²) in [5, 5.41) is 17.7. The molecule has 2 N–H and O–H groups in total. The van der Waals surface area contributed by atoms with Crippen molar-refractivity contribution in [2.75, 3.05) is 13.2 Å². The van der Waals surface area contributed by atoms with Gasteiger partial charge in [0.15, 0.2) is 0 Å². The average molecular weight is 158 g/mol. The zero-order chi connectivity index (χ0) is 8.48. The molecule has 66 valence electrons. The van der Waals surface area contributed by atoms with Crippen LogP contribution in [-0.2, 0) is 0 Å².